The first-order chi connectivity index (χ1) is 7.91. The lowest BCUT2D eigenvalue weighted by Crippen LogP contribution is -2.41. The zero-order chi connectivity index (χ0) is 13.5. The van der Waals surface area contributed by atoms with Crippen molar-refractivity contribution in [1.82, 2.24) is 0 Å². The first-order valence-electron chi connectivity index (χ1n) is 5.95. The predicted octanol–water partition coefficient (Wildman–Crippen LogP) is 3.62. The van der Waals surface area contributed by atoms with Gasteiger partial charge in [0.2, 0.25) is 0 Å². The molecule has 0 spiro atoms. The smallest absolute Gasteiger partial charge is 0.326 e. The number of rotatable bonds is 3. The number of hydrogen-bond donors (Lipinski definition) is 2. The summed E-state index contributed by atoms with van der Waals surface area (Å²) in [6, 6.07) is 8.80. The Morgan fingerprint density at radius 1 is 1.18 bits per heavy atom. The Kier molecular flexibility index (Phi) is 6.33. The molecule has 1 aromatic carbocycles. The van der Waals surface area contributed by atoms with Crippen LogP contribution in [0.15, 0.2) is 30.3 Å². The molecule has 1 aromatic rings. The van der Waals surface area contributed by atoms with Crippen LogP contribution in [0.4, 0.5) is 5.69 Å². The fraction of sp³-hybridized carbons (Fsp3) is 0.500. The van der Waals surface area contributed by atoms with E-state index in [0.717, 1.165) is 5.69 Å². The Labute approximate surface area is 104 Å². The molecule has 0 unspecified atom stereocenters. The van der Waals surface area contributed by atoms with Crippen LogP contribution in [0, 0.1) is 5.41 Å². The second-order valence-corrected chi connectivity index (χ2v) is 4.65. The van der Waals surface area contributed by atoms with Gasteiger partial charge >= 0.3 is 5.97 Å². The van der Waals surface area contributed by atoms with E-state index in [4.69, 9.17) is 5.11 Å². The highest BCUT2D eigenvalue weighted by atomic mass is 16.4. The van der Waals surface area contributed by atoms with Crippen molar-refractivity contribution in [3.8, 4) is 0 Å². The lowest BCUT2D eigenvalue weighted by molar-refractivity contribution is -0.140. The van der Waals surface area contributed by atoms with E-state index in [2.05, 4.69) is 5.32 Å². The van der Waals surface area contributed by atoms with Crippen LogP contribution in [0.3, 0.4) is 0 Å². The molecule has 0 saturated heterocycles. The van der Waals surface area contributed by atoms with Gasteiger partial charge in [-0.15, -0.1) is 0 Å². The lowest BCUT2D eigenvalue weighted by atomic mass is 9.86. The summed E-state index contributed by atoms with van der Waals surface area (Å²) in [5, 5.41) is 12.1. The van der Waals surface area contributed by atoms with Gasteiger partial charge in [-0.25, -0.2) is 4.79 Å². The van der Waals surface area contributed by atoms with E-state index in [-0.39, 0.29) is 5.41 Å². The molecule has 0 heterocycles. The molecule has 0 fully saturated rings. The Morgan fingerprint density at radius 3 is 2.00 bits per heavy atom. The monoisotopic (exact) mass is 237 g/mol. The molecule has 2 N–H and O–H groups in total. The number of carbonyl (C=O) groups is 1. The third-order valence-electron chi connectivity index (χ3n) is 2.20. The zero-order valence-corrected chi connectivity index (χ0v) is 11.3. The molecule has 0 aromatic heterocycles. The van der Waals surface area contributed by atoms with Crippen molar-refractivity contribution in [3.63, 3.8) is 0 Å². The molecule has 1 rings (SSSR count). The van der Waals surface area contributed by atoms with Crippen molar-refractivity contribution in [2.24, 2.45) is 5.41 Å². The molecule has 0 aliphatic carbocycles. The van der Waals surface area contributed by atoms with E-state index in [0.29, 0.717) is 0 Å². The number of nitrogens with one attached hydrogen (secondary N) is 1. The molecule has 3 heteroatoms. The number of carboxylic acids is 1. The third kappa shape index (κ3) is 5.38. The predicted molar refractivity (Wildman–Crippen MR) is 72.3 cm³/mol. The van der Waals surface area contributed by atoms with Gasteiger partial charge < -0.3 is 10.4 Å². The number of carboxylic acid groups (broad SMARTS) is 1. The Bertz CT molecular complexity index is 328. The van der Waals surface area contributed by atoms with E-state index < -0.39 is 12.0 Å². The third-order valence-corrected chi connectivity index (χ3v) is 2.20. The second kappa shape index (κ2) is 6.94. The topological polar surface area (TPSA) is 49.3 Å². The van der Waals surface area contributed by atoms with Gasteiger partial charge in [0, 0.05) is 5.69 Å². The van der Waals surface area contributed by atoms with Gasteiger partial charge in [0.15, 0.2) is 0 Å². The fourth-order valence-corrected chi connectivity index (χ4v) is 1.35. The summed E-state index contributed by atoms with van der Waals surface area (Å²) in [5.74, 6) is -0.827. The average Bonchev–Trinajstić information content (AvgIpc) is 2.28. The summed E-state index contributed by atoms with van der Waals surface area (Å²) in [4.78, 5) is 11.1. The standard InChI is InChI=1S/C12H17NO2.C2H6/c1-12(2,3)10(11(14)15)13-9-7-5-4-6-8-9;1-2/h4-8,10,13H,1-3H3,(H,14,15);1-2H3/t10-;/m1./s1. The quantitative estimate of drug-likeness (QED) is 0.844. The van der Waals surface area contributed by atoms with Crippen molar-refractivity contribution in [1.29, 1.82) is 0 Å². The maximum atomic E-state index is 11.1. The lowest BCUT2D eigenvalue weighted by Gasteiger charge is -2.28. The van der Waals surface area contributed by atoms with Crippen molar-refractivity contribution in [2.45, 2.75) is 40.7 Å². The Morgan fingerprint density at radius 2 is 1.65 bits per heavy atom. The van der Waals surface area contributed by atoms with Gasteiger partial charge in [-0.05, 0) is 17.5 Å². The van der Waals surface area contributed by atoms with Gasteiger partial charge in [0.05, 0.1) is 0 Å². The van der Waals surface area contributed by atoms with E-state index in [1.165, 1.54) is 0 Å². The molecule has 0 bridgehead atoms. The van der Waals surface area contributed by atoms with Crippen LogP contribution in [0.2, 0.25) is 0 Å². The maximum Gasteiger partial charge on any atom is 0.326 e. The van der Waals surface area contributed by atoms with Crippen molar-refractivity contribution < 1.29 is 9.90 Å². The summed E-state index contributed by atoms with van der Waals surface area (Å²) in [7, 11) is 0. The normalized spacial score (nSPS) is 12.1. The van der Waals surface area contributed by atoms with Crippen LogP contribution < -0.4 is 5.32 Å². The molecule has 96 valence electrons. The van der Waals surface area contributed by atoms with Crippen LogP contribution >= 0.6 is 0 Å². The van der Waals surface area contributed by atoms with Gasteiger partial charge in [0.1, 0.15) is 6.04 Å². The first-order valence-corrected chi connectivity index (χ1v) is 5.95. The summed E-state index contributed by atoms with van der Waals surface area (Å²) < 4.78 is 0. The number of hydrogen-bond acceptors (Lipinski definition) is 2. The van der Waals surface area contributed by atoms with Crippen LogP contribution in [-0.4, -0.2) is 17.1 Å². The van der Waals surface area contributed by atoms with Gasteiger partial charge in [0.25, 0.3) is 0 Å². The number of benzene rings is 1. The number of aliphatic carboxylic acids is 1. The van der Waals surface area contributed by atoms with Crippen LogP contribution in [0.5, 0.6) is 0 Å². The maximum absolute atomic E-state index is 11.1. The van der Waals surface area contributed by atoms with Gasteiger partial charge in [-0.3, -0.25) is 0 Å². The Balaban J connectivity index is 0.00000121. The highest BCUT2D eigenvalue weighted by molar-refractivity contribution is 5.78. The molecule has 0 amide bonds. The molecule has 3 nitrogen and oxygen atoms in total. The summed E-state index contributed by atoms with van der Waals surface area (Å²) in [6.07, 6.45) is 0. The Hall–Kier alpha value is -1.51. The molecule has 0 aliphatic heterocycles. The first kappa shape index (κ1) is 15.5. The summed E-state index contributed by atoms with van der Waals surface area (Å²) in [5.41, 5.74) is 0.515. The summed E-state index contributed by atoms with van der Waals surface area (Å²) in [6.45, 7) is 9.71. The largest absolute Gasteiger partial charge is 0.480 e. The van der Waals surface area contributed by atoms with Crippen molar-refractivity contribution in [3.05, 3.63) is 30.3 Å². The fourth-order valence-electron chi connectivity index (χ4n) is 1.35. The minimum atomic E-state index is -0.827. The molecule has 0 saturated carbocycles. The highest BCUT2D eigenvalue weighted by Crippen LogP contribution is 2.23. The van der Waals surface area contributed by atoms with Crippen LogP contribution in [-0.2, 0) is 4.79 Å². The summed E-state index contributed by atoms with van der Waals surface area (Å²) >= 11 is 0. The number of anilines is 1. The number of para-hydroxylation sites is 1. The van der Waals surface area contributed by atoms with Gasteiger partial charge in [-0.2, -0.15) is 0 Å². The minimum absolute atomic E-state index is 0.318. The van der Waals surface area contributed by atoms with E-state index in [1.54, 1.807) is 0 Å². The van der Waals surface area contributed by atoms with E-state index in [1.807, 2.05) is 65.0 Å². The second-order valence-electron chi connectivity index (χ2n) is 4.65. The molecule has 17 heavy (non-hydrogen) atoms. The van der Waals surface area contributed by atoms with Crippen LogP contribution in [0.1, 0.15) is 34.6 Å². The highest BCUT2D eigenvalue weighted by Gasteiger charge is 2.30. The minimum Gasteiger partial charge on any atom is -0.480 e. The van der Waals surface area contributed by atoms with E-state index in [9.17, 15) is 4.79 Å². The zero-order valence-electron chi connectivity index (χ0n) is 11.3. The molecular weight excluding hydrogens is 214 g/mol. The van der Waals surface area contributed by atoms with Crippen LogP contribution in [0.25, 0.3) is 0 Å². The molecular formula is C14H23NO2. The van der Waals surface area contributed by atoms with Crippen molar-refractivity contribution in [2.75, 3.05) is 5.32 Å². The average molecular weight is 237 g/mol. The van der Waals surface area contributed by atoms with Gasteiger partial charge in [-0.1, -0.05) is 52.8 Å². The SMILES string of the molecule is CC.CC(C)(C)[C@H](Nc1ccccc1)C(=O)O. The molecule has 0 radical (unpaired) electrons. The molecule has 1 atom stereocenters. The molecule has 0 aliphatic rings. The van der Waals surface area contributed by atoms with E-state index >= 15 is 0 Å². The van der Waals surface area contributed by atoms with Crippen molar-refractivity contribution >= 4 is 11.7 Å².